The molecule has 3 heterocycles. The lowest BCUT2D eigenvalue weighted by molar-refractivity contribution is -0.122. The molecule has 1 aromatic carbocycles. The highest BCUT2D eigenvalue weighted by Gasteiger charge is 2.35. The molecular formula is C23H17FN4O4S. The van der Waals surface area contributed by atoms with Crippen molar-refractivity contribution in [2.45, 2.75) is 6.92 Å². The summed E-state index contributed by atoms with van der Waals surface area (Å²) in [4.78, 5) is 38.8. The smallest absolute Gasteiger partial charge is 0.293 e. The number of aryl methyl sites for hydroxylation is 1. The summed E-state index contributed by atoms with van der Waals surface area (Å²) in [6.45, 7) is 1.54. The minimum Gasteiger partial charge on any atom is -0.443 e. The Hall–Kier alpha value is -4.10. The average molecular weight is 464 g/mol. The molecule has 8 nitrogen and oxygen atoms in total. The van der Waals surface area contributed by atoms with Gasteiger partial charge in [-0.2, -0.15) is 5.26 Å². The number of carbonyl (C=O) groups excluding carboxylic acids is 3. The van der Waals surface area contributed by atoms with Crippen molar-refractivity contribution in [2.24, 2.45) is 0 Å². The molecule has 1 aliphatic heterocycles. The Labute approximate surface area is 192 Å². The number of hydrogen-bond donors (Lipinski definition) is 1. The number of benzene rings is 1. The van der Waals surface area contributed by atoms with Crippen molar-refractivity contribution in [3.63, 3.8) is 0 Å². The number of thioether (sulfide) groups is 1. The van der Waals surface area contributed by atoms with Gasteiger partial charge >= 0.3 is 0 Å². The maximum absolute atomic E-state index is 13.1. The molecule has 0 aliphatic carbocycles. The molecule has 3 aromatic rings. The fourth-order valence-corrected chi connectivity index (χ4v) is 4.20. The van der Waals surface area contributed by atoms with Gasteiger partial charge in [-0.3, -0.25) is 23.9 Å². The maximum atomic E-state index is 13.1. The van der Waals surface area contributed by atoms with Crippen LogP contribution in [0.3, 0.4) is 0 Å². The monoisotopic (exact) mass is 464 g/mol. The van der Waals surface area contributed by atoms with Gasteiger partial charge < -0.3 is 9.73 Å². The summed E-state index contributed by atoms with van der Waals surface area (Å²) in [5, 5.41) is 11.7. The van der Waals surface area contributed by atoms with E-state index in [1.807, 2.05) is 6.07 Å². The van der Waals surface area contributed by atoms with Crippen molar-refractivity contribution >= 4 is 34.9 Å². The lowest BCUT2D eigenvalue weighted by Crippen LogP contribution is -2.37. The normalized spacial score (nSPS) is 14.7. The number of amides is 3. The van der Waals surface area contributed by atoms with Crippen LogP contribution >= 0.6 is 11.8 Å². The quantitative estimate of drug-likeness (QED) is 0.555. The van der Waals surface area contributed by atoms with Crippen LogP contribution < -0.4 is 5.32 Å². The first-order valence-electron chi connectivity index (χ1n) is 9.85. The number of aromatic nitrogens is 1. The van der Waals surface area contributed by atoms with E-state index >= 15 is 0 Å². The predicted molar refractivity (Wildman–Crippen MR) is 119 cm³/mol. The molecule has 1 aliphatic rings. The van der Waals surface area contributed by atoms with E-state index in [4.69, 9.17) is 4.42 Å². The number of hydrogen-bond acceptors (Lipinski definition) is 6. The lowest BCUT2D eigenvalue weighted by atomic mass is 10.1. The molecule has 1 fully saturated rings. The highest BCUT2D eigenvalue weighted by molar-refractivity contribution is 8.18. The molecule has 0 unspecified atom stereocenters. The van der Waals surface area contributed by atoms with E-state index in [-0.39, 0.29) is 40.8 Å². The molecule has 1 saturated heterocycles. The molecule has 3 amide bonds. The maximum Gasteiger partial charge on any atom is 0.293 e. The van der Waals surface area contributed by atoms with E-state index in [1.165, 1.54) is 30.3 Å². The number of imide groups is 1. The Morgan fingerprint density at radius 1 is 1.24 bits per heavy atom. The SMILES string of the molecule is Cc1oc(-n2cccc2)c(C#N)c1C(=O)NCCN1C(=O)S/C(=C/c2ccc(F)cc2)C1=O. The second-order valence-corrected chi connectivity index (χ2v) is 8.05. The fourth-order valence-electron chi connectivity index (χ4n) is 3.33. The molecule has 10 heteroatoms. The molecule has 0 spiro atoms. The zero-order chi connectivity index (χ0) is 23.5. The molecular weight excluding hydrogens is 447 g/mol. The first kappa shape index (κ1) is 22.1. The van der Waals surface area contributed by atoms with Crippen molar-refractivity contribution in [1.29, 1.82) is 5.26 Å². The van der Waals surface area contributed by atoms with Gasteiger partial charge in [-0.05, 0) is 54.6 Å². The van der Waals surface area contributed by atoms with Crippen molar-refractivity contribution in [3.8, 4) is 12.0 Å². The van der Waals surface area contributed by atoms with Crippen molar-refractivity contribution < 1.29 is 23.2 Å². The number of nitriles is 1. The Balaban J connectivity index is 1.42. The van der Waals surface area contributed by atoms with Crippen LogP contribution in [0.4, 0.5) is 9.18 Å². The van der Waals surface area contributed by atoms with E-state index < -0.39 is 22.9 Å². The molecule has 0 saturated carbocycles. The van der Waals surface area contributed by atoms with Gasteiger partial charge in [0, 0.05) is 25.5 Å². The molecule has 0 atom stereocenters. The van der Waals surface area contributed by atoms with Crippen molar-refractivity contribution in [2.75, 3.05) is 13.1 Å². The largest absolute Gasteiger partial charge is 0.443 e. The summed E-state index contributed by atoms with van der Waals surface area (Å²) in [6.07, 6.45) is 4.90. The zero-order valence-electron chi connectivity index (χ0n) is 17.4. The van der Waals surface area contributed by atoms with Gasteiger partial charge in [-0.15, -0.1) is 0 Å². The fraction of sp³-hybridized carbons (Fsp3) is 0.130. The number of nitrogens with one attached hydrogen (secondary N) is 1. The van der Waals surface area contributed by atoms with Gasteiger partial charge in [0.2, 0.25) is 5.88 Å². The Bertz CT molecular complexity index is 1300. The second-order valence-electron chi connectivity index (χ2n) is 7.06. The molecule has 1 N–H and O–H groups in total. The van der Waals surface area contributed by atoms with Gasteiger partial charge in [-0.25, -0.2) is 4.39 Å². The third-order valence-electron chi connectivity index (χ3n) is 4.91. The van der Waals surface area contributed by atoms with Crippen LogP contribution in [0.5, 0.6) is 0 Å². The number of carbonyl (C=O) groups is 3. The number of rotatable bonds is 6. The third-order valence-corrected chi connectivity index (χ3v) is 5.81. The van der Waals surface area contributed by atoms with E-state index in [9.17, 15) is 24.0 Å². The summed E-state index contributed by atoms with van der Waals surface area (Å²) in [6, 6.07) is 11.1. The Morgan fingerprint density at radius 3 is 2.61 bits per heavy atom. The highest BCUT2D eigenvalue weighted by atomic mass is 32.2. The van der Waals surface area contributed by atoms with Gasteiger partial charge in [0.25, 0.3) is 17.1 Å². The molecule has 0 bridgehead atoms. The van der Waals surface area contributed by atoms with Gasteiger partial charge in [0.1, 0.15) is 28.8 Å². The molecule has 2 aromatic heterocycles. The Kier molecular flexibility index (Phi) is 6.15. The van der Waals surface area contributed by atoms with E-state index in [0.717, 1.165) is 16.7 Å². The molecule has 166 valence electrons. The zero-order valence-corrected chi connectivity index (χ0v) is 18.2. The Morgan fingerprint density at radius 2 is 1.94 bits per heavy atom. The van der Waals surface area contributed by atoms with Gasteiger partial charge in [0.05, 0.1) is 4.91 Å². The molecule has 4 rings (SSSR count). The van der Waals surface area contributed by atoms with Gasteiger partial charge in [-0.1, -0.05) is 12.1 Å². The summed E-state index contributed by atoms with van der Waals surface area (Å²) in [7, 11) is 0. The summed E-state index contributed by atoms with van der Waals surface area (Å²) in [5.41, 5.74) is 0.786. The average Bonchev–Trinajstić information content (AvgIpc) is 3.49. The third kappa shape index (κ3) is 4.44. The molecule has 33 heavy (non-hydrogen) atoms. The van der Waals surface area contributed by atoms with E-state index in [2.05, 4.69) is 5.32 Å². The van der Waals surface area contributed by atoms with Crippen LogP contribution in [-0.2, 0) is 4.79 Å². The van der Waals surface area contributed by atoms with E-state index in [0.29, 0.717) is 5.56 Å². The summed E-state index contributed by atoms with van der Waals surface area (Å²) in [5.74, 6) is -0.914. The number of furan rings is 1. The first-order valence-corrected chi connectivity index (χ1v) is 10.7. The van der Waals surface area contributed by atoms with Crippen molar-refractivity contribution in [3.05, 3.63) is 82.0 Å². The minimum atomic E-state index is -0.542. The minimum absolute atomic E-state index is 0.00492. The topological polar surface area (TPSA) is 108 Å². The van der Waals surface area contributed by atoms with Gasteiger partial charge in [0.15, 0.2) is 0 Å². The standard InChI is InChI=1S/C23H17FN4O4S/c1-14-19(17(13-25)22(32-14)27-9-2-3-10-27)20(29)26-8-11-28-21(30)18(33-23(28)31)12-15-4-6-16(24)7-5-15/h2-7,9-10,12H,8,11H2,1H3,(H,26,29)/b18-12+. The van der Waals surface area contributed by atoms with Crippen LogP contribution in [-0.4, -0.2) is 39.6 Å². The van der Waals surface area contributed by atoms with Crippen LogP contribution in [0.15, 0.2) is 58.1 Å². The first-order chi connectivity index (χ1) is 15.9. The summed E-state index contributed by atoms with van der Waals surface area (Å²) < 4.78 is 20.3. The van der Waals surface area contributed by atoms with Crippen LogP contribution in [0, 0.1) is 24.1 Å². The summed E-state index contributed by atoms with van der Waals surface area (Å²) >= 11 is 0.778. The lowest BCUT2D eigenvalue weighted by Gasteiger charge is -2.13. The van der Waals surface area contributed by atoms with Crippen molar-refractivity contribution in [1.82, 2.24) is 14.8 Å². The second kappa shape index (κ2) is 9.18. The van der Waals surface area contributed by atoms with E-state index in [1.54, 1.807) is 36.0 Å². The van der Waals surface area contributed by atoms with Crippen LogP contribution in [0.25, 0.3) is 12.0 Å². The van der Waals surface area contributed by atoms with Crippen LogP contribution in [0.2, 0.25) is 0 Å². The predicted octanol–water partition coefficient (Wildman–Crippen LogP) is 3.86. The highest BCUT2D eigenvalue weighted by Crippen LogP contribution is 2.32. The molecule has 0 radical (unpaired) electrons. The van der Waals surface area contributed by atoms with Crippen LogP contribution in [0.1, 0.15) is 27.2 Å². The number of nitrogens with zero attached hydrogens (tertiary/aromatic N) is 3. The number of halogens is 1.